The second kappa shape index (κ2) is 29.5. The van der Waals surface area contributed by atoms with E-state index in [1.54, 1.807) is 0 Å². The Hall–Kier alpha value is -3.80. The summed E-state index contributed by atoms with van der Waals surface area (Å²) in [6.07, 6.45) is 42.8. The third-order valence-corrected chi connectivity index (χ3v) is 13.7. The normalized spacial score (nSPS) is 18.8. The van der Waals surface area contributed by atoms with E-state index in [4.69, 9.17) is 19.4 Å². The van der Waals surface area contributed by atoms with Gasteiger partial charge in [0.25, 0.3) is 0 Å². The molecule has 2 aliphatic carbocycles. The highest BCUT2D eigenvalue weighted by atomic mass is 16.5. The quantitative estimate of drug-likeness (QED) is 0.0587. The van der Waals surface area contributed by atoms with E-state index in [1.807, 2.05) is 24.3 Å². The van der Waals surface area contributed by atoms with Crippen LogP contribution in [0.5, 0.6) is 11.5 Å². The second-order valence-electron chi connectivity index (χ2n) is 18.7. The van der Waals surface area contributed by atoms with Gasteiger partial charge in [0, 0.05) is 35.9 Å². The first-order valence-corrected chi connectivity index (χ1v) is 25.7. The predicted octanol–water partition coefficient (Wildman–Crippen LogP) is 16.7. The molecule has 2 aromatic heterocycles. The van der Waals surface area contributed by atoms with Crippen LogP contribution >= 0.6 is 0 Å². The van der Waals surface area contributed by atoms with Crippen molar-refractivity contribution >= 4 is 0 Å². The number of benzene rings is 2. The zero-order chi connectivity index (χ0) is 43.5. The van der Waals surface area contributed by atoms with Gasteiger partial charge in [-0.15, -0.1) is 0 Å². The molecule has 6 nitrogen and oxygen atoms in total. The lowest BCUT2D eigenvalue weighted by molar-refractivity contribution is 0.301. The van der Waals surface area contributed by atoms with Gasteiger partial charge in [-0.3, -0.25) is 0 Å². The van der Waals surface area contributed by atoms with Gasteiger partial charge in [0.15, 0.2) is 11.6 Å². The molecule has 340 valence electrons. The molecule has 0 radical (unpaired) electrons. The molecule has 2 heterocycles. The summed E-state index contributed by atoms with van der Waals surface area (Å²) in [4.78, 5) is 18.7. The van der Waals surface area contributed by atoms with E-state index >= 15 is 0 Å². The molecule has 0 aliphatic heterocycles. The zero-order valence-corrected chi connectivity index (χ0v) is 39.6. The first-order valence-electron chi connectivity index (χ1n) is 25.7. The van der Waals surface area contributed by atoms with Gasteiger partial charge < -0.3 is 9.47 Å². The molecule has 2 saturated carbocycles. The first-order chi connectivity index (χ1) is 30.6. The maximum atomic E-state index is 5.85. The van der Waals surface area contributed by atoms with Gasteiger partial charge >= 0.3 is 0 Å². The van der Waals surface area contributed by atoms with Crippen LogP contribution in [0.3, 0.4) is 0 Å². The fourth-order valence-electron chi connectivity index (χ4n) is 9.52. The van der Waals surface area contributed by atoms with E-state index in [9.17, 15) is 0 Å². The summed E-state index contributed by atoms with van der Waals surface area (Å²) < 4.78 is 11.7. The summed E-state index contributed by atoms with van der Waals surface area (Å²) in [5.74, 6) is 6.66. The Morgan fingerprint density at radius 3 is 1.08 bits per heavy atom. The molecule has 6 rings (SSSR count). The van der Waals surface area contributed by atoms with Crippen LogP contribution in [-0.2, 0) is 0 Å². The van der Waals surface area contributed by atoms with Crippen LogP contribution < -0.4 is 9.47 Å². The Kier molecular flexibility index (Phi) is 23.5. The van der Waals surface area contributed by atoms with E-state index in [-0.39, 0.29) is 0 Å². The lowest BCUT2D eigenvalue weighted by Crippen LogP contribution is -2.14. The number of nitrogens with zero attached hydrogens (tertiary/aromatic N) is 4. The van der Waals surface area contributed by atoms with Crippen LogP contribution in [-0.4, -0.2) is 33.1 Å². The lowest BCUT2D eigenvalue weighted by atomic mass is 9.77. The first kappa shape index (κ1) is 49.2. The molecule has 2 aromatic carbocycles. The predicted molar refractivity (Wildman–Crippen MR) is 261 cm³/mol. The van der Waals surface area contributed by atoms with Crippen molar-refractivity contribution in [1.29, 1.82) is 0 Å². The number of unbranched alkanes of at least 4 members (excludes halogenated alkanes) is 12. The van der Waals surface area contributed by atoms with E-state index in [2.05, 4.69) is 86.7 Å². The maximum Gasteiger partial charge on any atom is 0.159 e. The molecule has 0 amide bonds. The number of hydrogen-bond acceptors (Lipinski definition) is 6. The van der Waals surface area contributed by atoms with Crippen LogP contribution in [0.25, 0.3) is 22.8 Å². The third-order valence-electron chi connectivity index (χ3n) is 13.7. The largest absolute Gasteiger partial charge is 0.494 e. The molecule has 0 spiro atoms. The number of hydrogen-bond donors (Lipinski definition) is 0. The zero-order valence-electron chi connectivity index (χ0n) is 39.6. The van der Waals surface area contributed by atoms with E-state index < -0.39 is 0 Å². The van der Waals surface area contributed by atoms with Crippen molar-refractivity contribution in [2.75, 3.05) is 13.2 Å². The second-order valence-corrected chi connectivity index (χ2v) is 18.7. The summed E-state index contributed by atoms with van der Waals surface area (Å²) in [5, 5.41) is 0. The van der Waals surface area contributed by atoms with Crippen molar-refractivity contribution in [2.45, 2.75) is 206 Å². The molecule has 2 fully saturated rings. The summed E-state index contributed by atoms with van der Waals surface area (Å²) in [7, 11) is 0. The fraction of sp³-hybridized carbons (Fsp3) is 0.643. The average molecular weight is 845 g/mol. The number of rotatable bonds is 26. The Morgan fingerprint density at radius 1 is 0.387 bits per heavy atom. The van der Waals surface area contributed by atoms with E-state index in [0.717, 1.165) is 72.2 Å². The van der Waals surface area contributed by atoms with Gasteiger partial charge in [-0.2, -0.15) is 0 Å². The van der Waals surface area contributed by atoms with E-state index in [1.165, 1.54) is 165 Å². The number of aromatic nitrogens is 4. The summed E-state index contributed by atoms with van der Waals surface area (Å²) in [5.41, 5.74) is 4.75. The highest BCUT2D eigenvalue weighted by molar-refractivity contribution is 5.57. The van der Waals surface area contributed by atoms with Crippen molar-refractivity contribution in [2.24, 2.45) is 11.8 Å². The van der Waals surface area contributed by atoms with Crippen molar-refractivity contribution in [3.8, 4) is 34.3 Å². The van der Waals surface area contributed by atoms with Gasteiger partial charge in [-0.05, 0) is 148 Å². The van der Waals surface area contributed by atoms with Gasteiger partial charge in [0.2, 0.25) is 0 Å². The van der Waals surface area contributed by atoms with Crippen LogP contribution in [0.1, 0.15) is 218 Å². The molecular formula is C56H84N4O2. The smallest absolute Gasteiger partial charge is 0.159 e. The van der Waals surface area contributed by atoms with Gasteiger partial charge in [-0.25, -0.2) is 19.9 Å². The van der Waals surface area contributed by atoms with Crippen molar-refractivity contribution in [3.63, 3.8) is 0 Å². The molecule has 0 N–H and O–H groups in total. The molecular weight excluding hydrogens is 761 g/mol. The van der Waals surface area contributed by atoms with Gasteiger partial charge in [-0.1, -0.05) is 130 Å². The van der Waals surface area contributed by atoms with Crippen LogP contribution in [0.2, 0.25) is 0 Å². The average Bonchev–Trinajstić information content (AvgIpc) is 3.33. The minimum absolute atomic E-state index is 0.642. The Bertz CT molecular complexity index is 1690. The summed E-state index contributed by atoms with van der Waals surface area (Å²) in [6, 6.07) is 16.4. The molecule has 0 unspecified atom stereocenters. The van der Waals surface area contributed by atoms with Crippen molar-refractivity contribution < 1.29 is 9.47 Å². The SMILES string of the molecule is CCCCCCCC1CCC(c2cnc(-c3ccc(OCCCCCC)cc3)nc2)CC1.CCCCCCOc1ccc(-c2ncc(C3CCC(CCCCC)CC3)cn2)cc1. The van der Waals surface area contributed by atoms with Gasteiger partial charge in [0.05, 0.1) is 13.2 Å². The van der Waals surface area contributed by atoms with Crippen LogP contribution in [0, 0.1) is 11.8 Å². The third kappa shape index (κ3) is 17.8. The van der Waals surface area contributed by atoms with Crippen LogP contribution in [0.15, 0.2) is 73.3 Å². The highest BCUT2D eigenvalue weighted by Crippen LogP contribution is 2.39. The Morgan fingerprint density at radius 2 is 0.710 bits per heavy atom. The summed E-state index contributed by atoms with van der Waals surface area (Å²) in [6.45, 7) is 10.6. The molecule has 0 atom stereocenters. The minimum atomic E-state index is 0.642. The maximum absolute atomic E-state index is 5.85. The highest BCUT2D eigenvalue weighted by Gasteiger charge is 2.24. The standard InChI is InChI=1S/C29H44N2O.C27H40N2O/c1-3-5-7-9-10-12-24-13-15-25(16-14-24)27-22-30-29(31-23-27)26-17-19-28(20-18-26)32-21-11-8-6-4-2;1-3-5-7-9-19-30-26-17-15-24(16-18-26)27-28-20-25(21-29-27)23-13-11-22(12-14-23)10-8-6-4-2/h17-20,22-25H,3-16,21H2,1-2H3;15-18,20-23H,3-14,19H2,1-2H3. The molecule has 4 aromatic rings. The Labute approximate surface area is 378 Å². The molecule has 0 bridgehead atoms. The Balaban J connectivity index is 0.000000235. The molecule has 6 heteroatoms. The topological polar surface area (TPSA) is 70.0 Å². The minimum Gasteiger partial charge on any atom is -0.494 e. The van der Waals surface area contributed by atoms with Crippen LogP contribution in [0.4, 0.5) is 0 Å². The van der Waals surface area contributed by atoms with E-state index in [0.29, 0.717) is 11.8 Å². The summed E-state index contributed by atoms with van der Waals surface area (Å²) >= 11 is 0. The lowest BCUT2D eigenvalue weighted by Gasteiger charge is -2.28. The van der Waals surface area contributed by atoms with Crippen molar-refractivity contribution in [1.82, 2.24) is 19.9 Å². The van der Waals surface area contributed by atoms with Crippen molar-refractivity contribution in [3.05, 3.63) is 84.4 Å². The fourth-order valence-corrected chi connectivity index (χ4v) is 9.52. The monoisotopic (exact) mass is 845 g/mol. The van der Waals surface area contributed by atoms with Gasteiger partial charge in [0.1, 0.15) is 11.5 Å². The molecule has 62 heavy (non-hydrogen) atoms. The molecule has 2 aliphatic rings. The molecule has 0 saturated heterocycles. The number of ether oxygens (including phenoxy) is 2.